The Morgan fingerprint density at radius 3 is 1.16 bits per heavy atom. The van der Waals surface area contributed by atoms with E-state index in [1.165, 1.54) is 110 Å². The molecule has 0 N–H and O–H groups in total. The van der Waals surface area contributed by atoms with Crippen molar-refractivity contribution in [1.29, 1.82) is 0 Å². The number of para-hydroxylation sites is 2. The SMILES string of the molecule is c1ccc2c(c1)-c1ccccc1-c1ccc(-c3c4ccccc4c(-c4ccc(-n5c6ccccc6c6ccccc65)cc4)c4ccccc34)c3cccc-2c13. The van der Waals surface area contributed by atoms with E-state index >= 15 is 0 Å². The predicted octanol–water partition coefficient (Wildman–Crippen LogP) is 14.9. The van der Waals surface area contributed by atoms with Crippen molar-refractivity contribution >= 4 is 54.1 Å². The number of aromatic nitrogens is 1. The molecule has 12 rings (SSSR count). The minimum absolute atomic E-state index is 1.16. The third-order valence-corrected chi connectivity index (χ3v) is 12.0. The number of rotatable bonds is 3. The van der Waals surface area contributed by atoms with Crippen LogP contribution in [0, 0.1) is 0 Å². The van der Waals surface area contributed by atoms with Gasteiger partial charge in [-0.2, -0.15) is 0 Å². The van der Waals surface area contributed by atoms with Crippen LogP contribution in [0.2, 0.25) is 0 Å². The van der Waals surface area contributed by atoms with Crippen molar-refractivity contribution in [2.45, 2.75) is 0 Å². The largest absolute Gasteiger partial charge is 0.309 e. The smallest absolute Gasteiger partial charge is 0.0541 e. The van der Waals surface area contributed by atoms with Crippen LogP contribution >= 0.6 is 0 Å². The number of nitrogens with zero attached hydrogens (tertiary/aromatic N) is 1. The van der Waals surface area contributed by atoms with Crippen LogP contribution in [0.5, 0.6) is 0 Å². The topological polar surface area (TPSA) is 4.93 Å². The molecule has 1 heteroatoms. The van der Waals surface area contributed by atoms with E-state index in [0.717, 1.165) is 5.69 Å². The van der Waals surface area contributed by atoms with Crippen LogP contribution < -0.4 is 0 Å². The summed E-state index contributed by atoms with van der Waals surface area (Å²) in [6.45, 7) is 0. The maximum absolute atomic E-state index is 2.39. The van der Waals surface area contributed by atoms with Crippen molar-refractivity contribution in [2.24, 2.45) is 0 Å². The van der Waals surface area contributed by atoms with E-state index in [1.807, 2.05) is 0 Å². The zero-order valence-corrected chi connectivity index (χ0v) is 30.0. The van der Waals surface area contributed by atoms with Gasteiger partial charge in [-0.3, -0.25) is 0 Å². The van der Waals surface area contributed by atoms with E-state index in [1.54, 1.807) is 0 Å². The van der Waals surface area contributed by atoms with Gasteiger partial charge in [0.25, 0.3) is 0 Å². The van der Waals surface area contributed by atoms with Gasteiger partial charge in [0.1, 0.15) is 0 Å². The van der Waals surface area contributed by atoms with E-state index in [0.29, 0.717) is 0 Å². The molecule has 0 unspecified atom stereocenters. The molecule has 55 heavy (non-hydrogen) atoms. The average Bonchev–Trinajstić information content (AvgIpc) is 3.53. The molecule has 0 aliphatic heterocycles. The van der Waals surface area contributed by atoms with Crippen molar-refractivity contribution in [3.8, 4) is 61.3 Å². The molecule has 1 aromatic heterocycles. The summed E-state index contributed by atoms with van der Waals surface area (Å²) in [5.74, 6) is 0. The highest BCUT2D eigenvalue weighted by atomic mass is 15.0. The highest BCUT2D eigenvalue weighted by molar-refractivity contribution is 6.26. The predicted molar refractivity (Wildman–Crippen MR) is 234 cm³/mol. The maximum atomic E-state index is 2.39. The van der Waals surface area contributed by atoms with E-state index < -0.39 is 0 Å². The van der Waals surface area contributed by atoms with Crippen LogP contribution in [0.15, 0.2) is 200 Å². The van der Waals surface area contributed by atoms with Crippen molar-refractivity contribution in [1.82, 2.24) is 4.57 Å². The summed E-state index contributed by atoms with van der Waals surface area (Å²) < 4.78 is 2.39. The molecule has 0 radical (unpaired) electrons. The number of hydrogen-bond donors (Lipinski definition) is 0. The van der Waals surface area contributed by atoms with Gasteiger partial charge in [0, 0.05) is 16.5 Å². The summed E-state index contributed by atoms with van der Waals surface area (Å²) in [5, 5.41) is 10.2. The monoisotopic (exact) mass is 695 g/mol. The van der Waals surface area contributed by atoms with Crippen LogP contribution in [0.4, 0.5) is 0 Å². The number of fused-ring (bicyclic) bond motifs is 10. The van der Waals surface area contributed by atoms with Crippen LogP contribution in [0.3, 0.4) is 0 Å². The molecule has 1 aliphatic rings. The Kier molecular flexibility index (Phi) is 6.40. The van der Waals surface area contributed by atoms with Gasteiger partial charge in [0.2, 0.25) is 0 Å². The minimum Gasteiger partial charge on any atom is -0.309 e. The summed E-state index contributed by atoms with van der Waals surface area (Å²) in [4.78, 5) is 0. The van der Waals surface area contributed by atoms with Gasteiger partial charge >= 0.3 is 0 Å². The molecule has 1 nitrogen and oxygen atoms in total. The lowest BCUT2D eigenvalue weighted by molar-refractivity contribution is 1.18. The third kappa shape index (κ3) is 4.30. The molecule has 11 aromatic rings. The summed E-state index contributed by atoms with van der Waals surface area (Å²) >= 11 is 0. The Hall–Kier alpha value is -7.22. The molecule has 0 spiro atoms. The van der Waals surface area contributed by atoms with Crippen LogP contribution in [0.1, 0.15) is 0 Å². The molecule has 0 bridgehead atoms. The van der Waals surface area contributed by atoms with Crippen LogP contribution in [-0.4, -0.2) is 4.57 Å². The van der Waals surface area contributed by atoms with Gasteiger partial charge in [-0.25, -0.2) is 0 Å². The van der Waals surface area contributed by atoms with Gasteiger partial charge in [-0.15, -0.1) is 0 Å². The summed E-state index contributed by atoms with van der Waals surface area (Å²) in [7, 11) is 0. The fraction of sp³-hybridized carbons (Fsp3) is 0. The zero-order valence-electron chi connectivity index (χ0n) is 30.0. The average molecular weight is 696 g/mol. The Balaban J connectivity index is 1.11. The van der Waals surface area contributed by atoms with E-state index in [9.17, 15) is 0 Å². The Morgan fingerprint density at radius 1 is 0.236 bits per heavy atom. The second-order valence-corrected chi connectivity index (χ2v) is 14.7. The molecule has 0 fully saturated rings. The molecular weight excluding hydrogens is 663 g/mol. The molecular formula is C54H33N. The molecule has 10 aromatic carbocycles. The van der Waals surface area contributed by atoms with Gasteiger partial charge in [0.05, 0.1) is 11.0 Å². The quantitative estimate of drug-likeness (QED) is 0.162. The molecule has 0 saturated carbocycles. The normalized spacial score (nSPS) is 12.0. The molecule has 1 heterocycles. The highest BCUT2D eigenvalue weighted by Gasteiger charge is 2.24. The number of hydrogen-bond acceptors (Lipinski definition) is 0. The van der Waals surface area contributed by atoms with Gasteiger partial charge in [0.15, 0.2) is 0 Å². The van der Waals surface area contributed by atoms with Crippen molar-refractivity contribution < 1.29 is 0 Å². The molecule has 0 amide bonds. The summed E-state index contributed by atoms with van der Waals surface area (Å²) in [6, 6.07) is 74.1. The lowest BCUT2D eigenvalue weighted by atomic mass is 9.83. The summed E-state index contributed by atoms with van der Waals surface area (Å²) in [5.41, 5.74) is 16.3. The van der Waals surface area contributed by atoms with E-state index in [4.69, 9.17) is 0 Å². The van der Waals surface area contributed by atoms with Crippen LogP contribution in [0.25, 0.3) is 115 Å². The third-order valence-electron chi connectivity index (χ3n) is 12.0. The fourth-order valence-corrected chi connectivity index (χ4v) is 9.69. The minimum atomic E-state index is 1.16. The first-order valence-corrected chi connectivity index (χ1v) is 19.1. The molecule has 0 atom stereocenters. The van der Waals surface area contributed by atoms with Crippen LogP contribution in [-0.2, 0) is 0 Å². The summed E-state index contributed by atoms with van der Waals surface area (Å²) in [6.07, 6.45) is 0. The standard InChI is InChI=1S/C54H33N/c1-3-16-38-36(14-1)37-15-2-4-17-39(37)48-32-33-49(47-25-13-24-42(38)53(47)48)54-45-22-7-5-20-43(45)52(44-21-6-8-23-46(44)54)34-28-30-35(31-29-34)55-50-26-11-9-18-40(50)41-19-10-12-27-51(41)55/h1-33H. The maximum Gasteiger partial charge on any atom is 0.0541 e. The highest BCUT2D eigenvalue weighted by Crippen LogP contribution is 2.51. The van der Waals surface area contributed by atoms with Gasteiger partial charge in [-0.05, 0) is 112 Å². The second kappa shape index (κ2) is 11.6. The lowest BCUT2D eigenvalue weighted by Crippen LogP contribution is -1.95. The van der Waals surface area contributed by atoms with Gasteiger partial charge in [-0.1, -0.05) is 176 Å². The Bertz CT molecular complexity index is 3200. The Labute approximate surface area is 319 Å². The Morgan fingerprint density at radius 2 is 0.618 bits per heavy atom. The molecule has 0 saturated heterocycles. The van der Waals surface area contributed by atoms with E-state index in [2.05, 4.69) is 205 Å². The zero-order chi connectivity index (χ0) is 36.0. The molecule has 1 aliphatic carbocycles. The van der Waals surface area contributed by atoms with E-state index in [-0.39, 0.29) is 0 Å². The van der Waals surface area contributed by atoms with Gasteiger partial charge < -0.3 is 4.57 Å². The van der Waals surface area contributed by atoms with Crippen molar-refractivity contribution in [3.05, 3.63) is 200 Å². The number of benzene rings is 10. The molecule has 254 valence electrons. The second-order valence-electron chi connectivity index (χ2n) is 14.7. The first-order chi connectivity index (χ1) is 27.3. The first kappa shape index (κ1) is 30.3. The first-order valence-electron chi connectivity index (χ1n) is 19.1. The van der Waals surface area contributed by atoms with Crippen molar-refractivity contribution in [3.63, 3.8) is 0 Å². The van der Waals surface area contributed by atoms with Crippen molar-refractivity contribution in [2.75, 3.05) is 0 Å². The lowest BCUT2D eigenvalue weighted by Gasteiger charge is -2.20. The fourth-order valence-electron chi connectivity index (χ4n) is 9.69.